The number of alkyl halides is 3. The van der Waals surface area contributed by atoms with Crippen molar-refractivity contribution in [2.24, 2.45) is 0 Å². The van der Waals surface area contributed by atoms with Crippen LogP contribution in [0.5, 0.6) is 0 Å². The molecule has 0 aliphatic heterocycles. The lowest BCUT2D eigenvalue weighted by Gasteiger charge is -2.30. The maximum Gasteiger partial charge on any atom is 0.438 e. The van der Waals surface area contributed by atoms with Crippen LogP contribution in [-0.2, 0) is 0 Å². The predicted molar refractivity (Wildman–Crippen MR) is 36.1 cm³/mol. The molecule has 0 aromatic carbocycles. The molecule has 0 aromatic heterocycles. The Morgan fingerprint density at radius 3 is 2.00 bits per heavy atom. The number of rotatable bonds is 2. The molecule has 1 aliphatic carbocycles. The Balaban J connectivity index is 2.45. The second kappa shape index (κ2) is 2.37. The molecule has 0 saturated heterocycles. The first-order valence-corrected chi connectivity index (χ1v) is 3.71. The van der Waals surface area contributed by atoms with Crippen LogP contribution in [0.15, 0.2) is 0 Å². The third kappa shape index (κ3) is 2.69. The molecule has 4 heteroatoms. The molecule has 1 fully saturated rings. The van der Waals surface area contributed by atoms with Crippen LogP contribution in [0.25, 0.3) is 0 Å². The van der Waals surface area contributed by atoms with Crippen LogP contribution in [0.3, 0.4) is 0 Å². The van der Waals surface area contributed by atoms with E-state index >= 15 is 0 Å². The number of hydrogen-bond donors (Lipinski definition) is 0. The number of halogens is 3. The van der Waals surface area contributed by atoms with Crippen molar-refractivity contribution in [3.05, 3.63) is 0 Å². The van der Waals surface area contributed by atoms with Gasteiger partial charge < -0.3 is 4.48 Å². The van der Waals surface area contributed by atoms with Crippen molar-refractivity contribution in [1.29, 1.82) is 0 Å². The fraction of sp³-hybridized carbons (Fsp3) is 1.00. The van der Waals surface area contributed by atoms with E-state index in [9.17, 15) is 13.2 Å². The monoisotopic (exact) mass is 168 g/mol. The van der Waals surface area contributed by atoms with E-state index in [0.717, 1.165) is 12.8 Å². The van der Waals surface area contributed by atoms with E-state index in [-0.39, 0.29) is 10.5 Å². The maximum atomic E-state index is 11.9. The molecule has 0 heterocycles. The van der Waals surface area contributed by atoms with Crippen molar-refractivity contribution in [3.8, 4) is 0 Å². The average molecular weight is 168 g/mol. The van der Waals surface area contributed by atoms with Crippen molar-refractivity contribution < 1.29 is 17.7 Å². The highest BCUT2D eigenvalue weighted by atomic mass is 19.4. The van der Waals surface area contributed by atoms with Gasteiger partial charge in [0.1, 0.15) is 0 Å². The van der Waals surface area contributed by atoms with Crippen LogP contribution in [0.1, 0.15) is 12.8 Å². The fourth-order valence-electron chi connectivity index (χ4n) is 1.36. The highest BCUT2D eigenvalue weighted by molar-refractivity contribution is 4.74. The molecule has 1 rings (SSSR count). The lowest BCUT2D eigenvalue weighted by Crippen LogP contribution is -2.48. The predicted octanol–water partition coefficient (Wildman–Crippen LogP) is 1.79. The fourth-order valence-corrected chi connectivity index (χ4v) is 1.36. The third-order valence-electron chi connectivity index (χ3n) is 2.12. The van der Waals surface area contributed by atoms with Crippen LogP contribution < -0.4 is 0 Å². The molecule has 1 nitrogen and oxygen atoms in total. The molecule has 66 valence electrons. The van der Waals surface area contributed by atoms with E-state index in [2.05, 4.69) is 0 Å². The molecule has 1 aliphatic rings. The largest absolute Gasteiger partial charge is 0.438 e. The zero-order chi connectivity index (χ0) is 8.70. The molecule has 0 radical (unpaired) electrons. The van der Waals surface area contributed by atoms with Gasteiger partial charge >= 0.3 is 6.18 Å². The summed E-state index contributed by atoms with van der Waals surface area (Å²) in [5.74, 6) is 0. The smallest absolute Gasteiger partial charge is 0.319 e. The van der Waals surface area contributed by atoms with Gasteiger partial charge in [0.25, 0.3) is 0 Å². The lowest BCUT2D eigenvalue weighted by molar-refractivity contribution is -0.911. The second-order valence-electron chi connectivity index (χ2n) is 3.78. The van der Waals surface area contributed by atoms with Gasteiger partial charge in [0.2, 0.25) is 0 Å². The summed E-state index contributed by atoms with van der Waals surface area (Å²) in [5.41, 5.74) is 0. The normalized spacial score (nSPS) is 20.5. The van der Waals surface area contributed by atoms with Gasteiger partial charge in [-0.25, -0.2) is 0 Å². The van der Waals surface area contributed by atoms with Crippen LogP contribution >= 0.6 is 0 Å². The van der Waals surface area contributed by atoms with Crippen LogP contribution in [0, 0.1) is 0 Å². The molecule has 1 saturated carbocycles. The summed E-state index contributed by atoms with van der Waals surface area (Å²) in [4.78, 5) is 0. The van der Waals surface area contributed by atoms with Gasteiger partial charge in [0.15, 0.2) is 6.54 Å². The summed E-state index contributed by atoms with van der Waals surface area (Å²) in [6.45, 7) is -0.697. The summed E-state index contributed by atoms with van der Waals surface area (Å²) in [6.07, 6.45) is -2.13. The van der Waals surface area contributed by atoms with Crippen molar-refractivity contribution in [1.82, 2.24) is 0 Å². The molecule has 0 bridgehead atoms. The zero-order valence-corrected chi connectivity index (χ0v) is 6.78. The van der Waals surface area contributed by atoms with Crippen LogP contribution in [0.4, 0.5) is 13.2 Å². The number of nitrogens with zero attached hydrogens (tertiary/aromatic N) is 1. The first kappa shape index (κ1) is 8.84. The first-order valence-electron chi connectivity index (χ1n) is 3.71. The van der Waals surface area contributed by atoms with Gasteiger partial charge in [-0.2, -0.15) is 13.2 Å². The second-order valence-corrected chi connectivity index (χ2v) is 3.78. The Labute approximate surface area is 64.4 Å². The van der Waals surface area contributed by atoms with Gasteiger partial charge in [-0.3, -0.25) is 0 Å². The summed E-state index contributed by atoms with van der Waals surface area (Å²) in [5, 5.41) is 0. The standard InChI is InChI=1S/C7H13F3N/c1-11(2,6-3-4-6)5-7(8,9)10/h6H,3-5H2,1-2H3/q+1. The van der Waals surface area contributed by atoms with E-state index in [1.807, 2.05) is 0 Å². The van der Waals surface area contributed by atoms with Crippen molar-refractivity contribution in [2.45, 2.75) is 25.1 Å². The van der Waals surface area contributed by atoms with Gasteiger partial charge in [0.05, 0.1) is 20.1 Å². The molecule has 0 unspecified atom stereocenters. The minimum atomic E-state index is -4.02. The Hall–Kier alpha value is -0.250. The summed E-state index contributed by atoms with van der Waals surface area (Å²) < 4.78 is 35.9. The molecule has 0 spiro atoms. The summed E-state index contributed by atoms with van der Waals surface area (Å²) in [7, 11) is 3.29. The molecule has 0 N–H and O–H groups in total. The van der Waals surface area contributed by atoms with Crippen LogP contribution in [0.2, 0.25) is 0 Å². The first-order chi connectivity index (χ1) is 4.81. The highest BCUT2D eigenvalue weighted by Crippen LogP contribution is 2.33. The van der Waals surface area contributed by atoms with Crippen molar-refractivity contribution in [3.63, 3.8) is 0 Å². The molecular formula is C7H13F3N+. The topological polar surface area (TPSA) is 0 Å². The maximum absolute atomic E-state index is 11.9. The van der Waals surface area contributed by atoms with Gasteiger partial charge in [-0.15, -0.1) is 0 Å². The zero-order valence-electron chi connectivity index (χ0n) is 6.78. The number of quaternary nitrogens is 1. The van der Waals surface area contributed by atoms with E-state index in [4.69, 9.17) is 0 Å². The minimum absolute atomic E-state index is 0.101. The summed E-state index contributed by atoms with van der Waals surface area (Å²) in [6, 6.07) is 0.247. The molecular weight excluding hydrogens is 155 g/mol. The molecule has 0 atom stereocenters. The highest BCUT2D eigenvalue weighted by Gasteiger charge is 2.45. The van der Waals surface area contributed by atoms with E-state index < -0.39 is 12.7 Å². The lowest BCUT2D eigenvalue weighted by atomic mass is 10.4. The van der Waals surface area contributed by atoms with E-state index in [1.165, 1.54) is 0 Å². The summed E-state index contributed by atoms with van der Waals surface area (Å²) >= 11 is 0. The van der Waals surface area contributed by atoms with Gasteiger partial charge in [-0.1, -0.05) is 0 Å². The molecule has 0 amide bonds. The van der Waals surface area contributed by atoms with Crippen molar-refractivity contribution in [2.75, 3.05) is 20.6 Å². The van der Waals surface area contributed by atoms with Gasteiger partial charge in [0, 0.05) is 12.8 Å². The SMILES string of the molecule is C[N+](C)(CC(F)(F)F)C1CC1. The molecule has 0 aromatic rings. The average Bonchev–Trinajstić information content (AvgIpc) is 2.30. The van der Waals surface area contributed by atoms with Crippen molar-refractivity contribution >= 4 is 0 Å². The number of hydrogen-bond acceptors (Lipinski definition) is 0. The Morgan fingerprint density at radius 1 is 1.27 bits per heavy atom. The molecule has 11 heavy (non-hydrogen) atoms. The van der Waals surface area contributed by atoms with E-state index in [1.54, 1.807) is 14.1 Å². The Bertz CT molecular complexity index is 146. The minimum Gasteiger partial charge on any atom is -0.319 e. The Morgan fingerprint density at radius 2 is 1.73 bits per heavy atom. The Kier molecular flexibility index (Phi) is 1.90. The quantitative estimate of drug-likeness (QED) is 0.551. The van der Waals surface area contributed by atoms with Gasteiger partial charge in [-0.05, 0) is 0 Å². The van der Waals surface area contributed by atoms with E-state index in [0.29, 0.717) is 0 Å². The van der Waals surface area contributed by atoms with Crippen LogP contribution in [-0.4, -0.2) is 37.3 Å². The third-order valence-corrected chi connectivity index (χ3v) is 2.12.